The van der Waals surface area contributed by atoms with Crippen LogP contribution in [0.5, 0.6) is 0 Å². The molecule has 4 heterocycles. The van der Waals surface area contributed by atoms with Crippen molar-refractivity contribution in [2.75, 3.05) is 32.8 Å². The second-order valence-corrected chi connectivity index (χ2v) is 8.81. The van der Waals surface area contributed by atoms with E-state index in [0.717, 1.165) is 63.6 Å². The molecule has 3 aliphatic rings. The third kappa shape index (κ3) is 9.46. The van der Waals surface area contributed by atoms with Crippen molar-refractivity contribution in [2.24, 2.45) is 11.8 Å². The number of carboxylic acid groups (broad SMARTS) is 2. The van der Waals surface area contributed by atoms with Crippen molar-refractivity contribution >= 4 is 17.8 Å². The van der Waals surface area contributed by atoms with Crippen LogP contribution in [0.2, 0.25) is 0 Å². The standard InChI is InChI=1S/C18H25N3O2.2C2HF3O2/c1-13-4-2-5-15(19-13)9-20-10-16-14(12-23-17(16)11-20)8-21-7-3-6-18(21)22;2*3-2(4,5)1(6)7/h2,4-5,14,16-17H,3,6-12H2,1H3;2*(H,6,7)/t14-,16+,17+;;/m0../s1. The lowest BCUT2D eigenvalue weighted by Crippen LogP contribution is -2.35. The van der Waals surface area contributed by atoms with E-state index >= 15 is 0 Å². The number of hydrogen-bond donors (Lipinski definition) is 2. The topological polar surface area (TPSA) is 120 Å². The van der Waals surface area contributed by atoms with Crippen LogP contribution in [-0.4, -0.2) is 94.1 Å². The van der Waals surface area contributed by atoms with Crippen LogP contribution in [-0.2, 0) is 25.7 Å². The third-order valence-corrected chi connectivity index (χ3v) is 5.96. The summed E-state index contributed by atoms with van der Waals surface area (Å²) >= 11 is 0. The van der Waals surface area contributed by atoms with E-state index in [1.807, 2.05) is 17.9 Å². The number of amides is 1. The van der Waals surface area contributed by atoms with Gasteiger partial charge in [0.05, 0.1) is 18.4 Å². The summed E-state index contributed by atoms with van der Waals surface area (Å²) in [5.74, 6) is -4.13. The molecule has 9 nitrogen and oxygen atoms in total. The Hall–Kier alpha value is -2.94. The van der Waals surface area contributed by atoms with Crippen LogP contribution in [0.25, 0.3) is 0 Å². The van der Waals surface area contributed by atoms with Crippen LogP contribution in [0, 0.1) is 18.8 Å². The minimum Gasteiger partial charge on any atom is -0.475 e. The van der Waals surface area contributed by atoms with E-state index in [0.29, 0.717) is 23.8 Å². The van der Waals surface area contributed by atoms with Crippen LogP contribution in [0.4, 0.5) is 26.3 Å². The van der Waals surface area contributed by atoms with Gasteiger partial charge in [0.25, 0.3) is 0 Å². The zero-order chi connectivity index (χ0) is 28.0. The summed E-state index contributed by atoms with van der Waals surface area (Å²) in [6.07, 6.45) is -8.08. The molecule has 0 bridgehead atoms. The summed E-state index contributed by atoms with van der Waals surface area (Å²) in [6.45, 7) is 7.62. The molecule has 4 rings (SSSR count). The molecule has 1 aromatic heterocycles. The Morgan fingerprint density at radius 2 is 1.68 bits per heavy atom. The van der Waals surface area contributed by atoms with Crippen molar-refractivity contribution in [3.8, 4) is 0 Å². The number of pyridine rings is 1. The van der Waals surface area contributed by atoms with Crippen LogP contribution in [0.15, 0.2) is 18.2 Å². The molecule has 0 aliphatic carbocycles. The predicted octanol–water partition coefficient (Wildman–Crippen LogP) is 2.73. The number of halogens is 6. The quantitative estimate of drug-likeness (QED) is 0.557. The third-order valence-electron chi connectivity index (χ3n) is 5.96. The van der Waals surface area contributed by atoms with Gasteiger partial charge in [-0.15, -0.1) is 0 Å². The Balaban J connectivity index is 0.000000286. The molecule has 0 radical (unpaired) electrons. The van der Waals surface area contributed by atoms with Gasteiger partial charge in [0.2, 0.25) is 5.91 Å². The van der Waals surface area contributed by atoms with Gasteiger partial charge in [0.15, 0.2) is 0 Å². The van der Waals surface area contributed by atoms with E-state index < -0.39 is 24.3 Å². The SMILES string of the molecule is Cc1cccc(CN2C[C@@H]3[C@@H](CN4CCCC4=O)CO[C@@H]3C2)n1.O=C(O)C(F)(F)F.O=C(O)C(F)(F)F. The van der Waals surface area contributed by atoms with E-state index in [1.54, 1.807) is 0 Å². The van der Waals surface area contributed by atoms with Crippen molar-refractivity contribution in [3.63, 3.8) is 0 Å². The van der Waals surface area contributed by atoms with Gasteiger partial charge >= 0.3 is 24.3 Å². The Morgan fingerprint density at radius 3 is 2.16 bits per heavy atom. The minimum absolute atomic E-state index is 0.326. The molecule has 1 aromatic rings. The highest BCUT2D eigenvalue weighted by molar-refractivity contribution is 5.78. The van der Waals surface area contributed by atoms with Crippen LogP contribution < -0.4 is 0 Å². The Labute approximate surface area is 208 Å². The van der Waals surface area contributed by atoms with E-state index in [1.165, 1.54) is 0 Å². The zero-order valence-corrected chi connectivity index (χ0v) is 19.8. The first-order valence-electron chi connectivity index (χ1n) is 11.2. The summed E-state index contributed by atoms with van der Waals surface area (Å²) in [5, 5.41) is 14.2. The van der Waals surface area contributed by atoms with Crippen molar-refractivity contribution in [1.29, 1.82) is 0 Å². The molecule has 0 saturated carbocycles. The largest absolute Gasteiger partial charge is 0.490 e. The maximum Gasteiger partial charge on any atom is 0.490 e. The molecule has 3 atom stereocenters. The second kappa shape index (κ2) is 12.5. The Bertz CT molecular complexity index is 934. The summed E-state index contributed by atoms with van der Waals surface area (Å²) < 4.78 is 69.5. The number of hydrogen-bond acceptors (Lipinski definition) is 6. The second-order valence-electron chi connectivity index (χ2n) is 8.81. The van der Waals surface area contributed by atoms with Gasteiger partial charge in [-0.1, -0.05) is 6.07 Å². The fourth-order valence-corrected chi connectivity index (χ4v) is 4.29. The number of rotatable bonds is 4. The number of likely N-dealkylation sites (tertiary alicyclic amines) is 2. The molecule has 1 amide bonds. The Morgan fingerprint density at radius 1 is 1.08 bits per heavy atom. The lowest BCUT2D eigenvalue weighted by molar-refractivity contribution is -0.193. The fourth-order valence-electron chi connectivity index (χ4n) is 4.29. The highest BCUT2D eigenvalue weighted by atomic mass is 19.4. The molecule has 3 saturated heterocycles. The number of aryl methyl sites for hydroxylation is 1. The summed E-state index contributed by atoms with van der Waals surface area (Å²) in [5.41, 5.74) is 2.21. The first kappa shape index (κ1) is 30.3. The van der Waals surface area contributed by atoms with Crippen LogP contribution >= 0.6 is 0 Å². The van der Waals surface area contributed by atoms with Crippen LogP contribution in [0.1, 0.15) is 24.2 Å². The molecule has 0 spiro atoms. The van der Waals surface area contributed by atoms with Crippen molar-refractivity contribution < 1.29 is 55.7 Å². The lowest BCUT2D eigenvalue weighted by atomic mass is 9.93. The molecular weight excluding hydrogens is 516 g/mol. The van der Waals surface area contributed by atoms with Crippen LogP contribution in [0.3, 0.4) is 0 Å². The summed E-state index contributed by atoms with van der Waals surface area (Å²) in [7, 11) is 0. The van der Waals surface area contributed by atoms with Crippen molar-refractivity contribution in [3.05, 3.63) is 29.6 Å². The normalized spacial score (nSPS) is 23.6. The average molecular weight is 543 g/mol. The maximum atomic E-state index is 11.9. The molecule has 3 fully saturated rings. The van der Waals surface area contributed by atoms with Gasteiger partial charge in [-0.3, -0.25) is 14.7 Å². The minimum atomic E-state index is -5.08. The van der Waals surface area contributed by atoms with Gasteiger partial charge in [-0.05, 0) is 25.5 Å². The number of nitrogens with zero attached hydrogens (tertiary/aromatic N) is 3. The predicted molar refractivity (Wildman–Crippen MR) is 114 cm³/mol. The smallest absolute Gasteiger partial charge is 0.475 e. The molecule has 37 heavy (non-hydrogen) atoms. The van der Waals surface area contributed by atoms with Gasteiger partial charge in [-0.2, -0.15) is 26.3 Å². The van der Waals surface area contributed by atoms with E-state index in [4.69, 9.17) is 24.5 Å². The molecule has 2 N–H and O–H groups in total. The number of carboxylic acids is 2. The van der Waals surface area contributed by atoms with Gasteiger partial charge in [0, 0.05) is 56.7 Å². The average Bonchev–Trinajstić information content (AvgIpc) is 3.45. The number of ether oxygens (including phenoxy) is 1. The maximum absolute atomic E-state index is 11.9. The lowest BCUT2D eigenvalue weighted by Gasteiger charge is -2.24. The molecule has 3 aliphatic heterocycles. The number of alkyl halides is 6. The Kier molecular flexibility index (Phi) is 10.3. The number of carbonyl (C=O) groups is 3. The first-order valence-corrected chi connectivity index (χ1v) is 11.2. The summed E-state index contributed by atoms with van der Waals surface area (Å²) in [6, 6.07) is 6.21. The highest BCUT2D eigenvalue weighted by Gasteiger charge is 2.45. The van der Waals surface area contributed by atoms with Crippen molar-refractivity contribution in [1.82, 2.24) is 14.8 Å². The first-order chi connectivity index (χ1) is 17.1. The molecule has 15 heteroatoms. The zero-order valence-electron chi connectivity index (χ0n) is 19.8. The number of aliphatic carboxylic acids is 2. The summed E-state index contributed by atoms with van der Waals surface area (Å²) in [4.78, 5) is 38.8. The molecular formula is C22H27F6N3O6. The van der Waals surface area contributed by atoms with Gasteiger partial charge in [0.1, 0.15) is 0 Å². The fraction of sp³-hybridized carbons (Fsp3) is 0.636. The highest BCUT2D eigenvalue weighted by Crippen LogP contribution is 2.35. The molecule has 0 unspecified atom stereocenters. The van der Waals surface area contributed by atoms with Crippen molar-refractivity contribution in [2.45, 2.75) is 44.8 Å². The van der Waals surface area contributed by atoms with E-state index in [2.05, 4.69) is 22.0 Å². The molecule has 0 aromatic carbocycles. The van der Waals surface area contributed by atoms with Gasteiger partial charge < -0.3 is 19.8 Å². The number of fused-ring (bicyclic) bond motifs is 1. The number of aromatic nitrogens is 1. The monoisotopic (exact) mass is 543 g/mol. The van der Waals surface area contributed by atoms with E-state index in [-0.39, 0.29) is 0 Å². The number of carbonyl (C=O) groups excluding carboxylic acids is 1. The van der Waals surface area contributed by atoms with Gasteiger partial charge in [-0.25, -0.2) is 9.59 Å². The van der Waals surface area contributed by atoms with E-state index in [9.17, 15) is 31.1 Å². The molecule has 208 valence electrons.